The fourth-order valence-corrected chi connectivity index (χ4v) is 6.00. The molecule has 6 nitrogen and oxygen atoms in total. The number of nitrogens with zero attached hydrogens (tertiary/aromatic N) is 3. The van der Waals surface area contributed by atoms with Crippen LogP contribution in [0.1, 0.15) is 29.5 Å². The van der Waals surface area contributed by atoms with Crippen LogP contribution < -0.4 is 0 Å². The Balaban J connectivity index is 1.91. The lowest BCUT2D eigenvalue weighted by molar-refractivity contribution is 0.0411. The minimum atomic E-state index is -4.03. The highest BCUT2D eigenvalue weighted by atomic mass is 35.5. The summed E-state index contributed by atoms with van der Waals surface area (Å²) in [5.74, 6) is -0.136. The average molecular weight is 490 g/mol. The second-order valence-electron chi connectivity index (χ2n) is 7.43. The minimum absolute atomic E-state index is 0.0888. The van der Waals surface area contributed by atoms with Gasteiger partial charge in [-0.25, -0.2) is 8.42 Å². The number of halogens is 2. The topological polar surface area (TPSA) is 73.2 Å². The number of hydrogen-bond donors (Lipinski definition) is 1. The molecule has 0 spiro atoms. The van der Waals surface area contributed by atoms with Crippen LogP contribution in [-0.2, 0) is 10.0 Å². The Labute approximate surface area is 197 Å². The first-order valence-electron chi connectivity index (χ1n) is 9.96. The van der Waals surface area contributed by atoms with Gasteiger partial charge in [-0.15, -0.1) is 4.41 Å². The molecule has 3 aromatic carbocycles. The molecule has 3 aromatic rings. The fourth-order valence-electron chi connectivity index (χ4n) is 4.08. The predicted molar refractivity (Wildman–Crippen MR) is 125 cm³/mol. The van der Waals surface area contributed by atoms with E-state index in [1.54, 1.807) is 12.1 Å². The van der Waals surface area contributed by atoms with Crippen molar-refractivity contribution < 1.29 is 13.6 Å². The maximum atomic E-state index is 13.9. The number of sulfonamides is 1. The lowest BCUT2D eigenvalue weighted by Crippen LogP contribution is -2.53. The summed E-state index contributed by atoms with van der Waals surface area (Å²) in [5.41, 5.74) is 1.79. The van der Waals surface area contributed by atoms with Crippen LogP contribution in [0.5, 0.6) is 0 Å². The Morgan fingerprint density at radius 2 is 1.47 bits per heavy atom. The van der Waals surface area contributed by atoms with Crippen LogP contribution in [0.4, 0.5) is 0 Å². The molecular formula is C23H21Cl2N3O3S. The largest absolute Gasteiger partial charge is 0.410 e. The zero-order chi connectivity index (χ0) is 22.7. The molecule has 9 heteroatoms. The van der Waals surface area contributed by atoms with Gasteiger partial charge in [0.2, 0.25) is 0 Å². The lowest BCUT2D eigenvalue weighted by Gasteiger charge is -2.46. The quantitative estimate of drug-likeness (QED) is 0.220. The SMILES string of the molecule is O=S(=O)(c1ccc(Cl)cc1)N1C(c2ccc(Cl)cc2)C(c2ccccc2)CCN1C=NO. The van der Waals surface area contributed by atoms with Crippen LogP contribution in [-0.4, -0.2) is 35.9 Å². The van der Waals surface area contributed by atoms with Crippen molar-refractivity contribution in [3.63, 3.8) is 0 Å². The first-order valence-corrected chi connectivity index (χ1v) is 12.2. The van der Waals surface area contributed by atoms with E-state index in [9.17, 15) is 13.6 Å². The van der Waals surface area contributed by atoms with Gasteiger partial charge in [0, 0.05) is 22.5 Å². The maximum Gasteiger partial charge on any atom is 0.260 e. The molecule has 0 aromatic heterocycles. The standard InChI is InChI=1S/C23H21Cl2N3O3S/c24-19-8-6-18(7-9-19)23-22(17-4-2-1-3-5-17)14-15-27(16-26-29)28(23)32(30,31)21-12-10-20(25)11-13-21/h1-13,16,22-23,29H,14-15H2. The van der Waals surface area contributed by atoms with Gasteiger partial charge in [0.15, 0.2) is 0 Å². The van der Waals surface area contributed by atoms with Crippen molar-refractivity contribution in [2.24, 2.45) is 5.16 Å². The summed E-state index contributed by atoms with van der Waals surface area (Å²) in [6.07, 6.45) is 1.77. The molecule has 2 unspecified atom stereocenters. The van der Waals surface area contributed by atoms with E-state index in [-0.39, 0.29) is 10.8 Å². The molecule has 32 heavy (non-hydrogen) atoms. The molecule has 0 bridgehead atoms. The Bertz CT molecular complexity index is 1190. The molecule has 1 N–H and O–H groups in total. The summed E-state index contributed by atoms with van der Waals surface area (Å²) in [7, 11) is -4.03. The van der Waals surface area contributed by atoms with Crippen molar-refractivity contribution in [3.8, 4) is 0 Å². The number of hydrogen-bond acceptors (Lipinski definition) is 4. The second kappa shape index (κ2) is 9.50. The highest BCUT2D eigenvalue weighted by Gasteiger charge is 2.44. The molecule has 1 fully saturated rings. The molecule has 1 heterocycles. The number of hydrazine groups is 1. The molecule has 1 saturated heterocycles. The van der Waals surface area contributed by atoms with Crippen molar-refractivity contribution >= 4 is 39.6 Å². The molecule has 1 aliphatic heterocycles. The first kappa shape index (κ1) is 22.6. The third kappa shape index (κ3) is 4.47. The van der Waals surface area contributed by atoms with Gasteiger partial charge in [-0.1, -0.05) is 70.8 Å². The Morgan fingerprint density at radius 3 is 2.06 bits per heavy atom. The maximum absolute atomic E-state index is 13.9. The van der Waals surface area contributed by atoms with Crippen LogP contribution in [0.3, 0.4) is 0 Å². The van der Waals surface area contributed by atoms with Crippen molar-refractivity contribution in [1.29, 1.82) is 0 Å². The van der Waals surface area contributed by atoms with Gasteiger partial charge in [0.1, 0.15) is 6.34 Å². The van der Waals surface area contributed by atoms with Crippen molar-refractivity contribution in [2.75, 3.05) is 6.54 Å². The van der Waals surface area contributed by atoms with Gasteiger partial charge in [-0.3, -0.25) is 5.01 Å². The van der Waals surface area contributed by atoms with Gasteiger partial charge in [0.25, 0.3) is 10.0 Å². The Morgan fingerprint density at radius 1 is 0.875 bits per heavy atom. The van der Waals surface area contributed by atoms with E-state index in [0.717, 1.165) is 17.5 Å². The van der Waals surface area contributed by atoms with Crippen LogP contribution in [0.15, 0.2) is 88.9 Å². The molecule has 166 valence electrons. The summed E-state index contributed by atoms with van der Waals surface area (Å²) in [6, 6.07) is 22.3. The highest BCUT2D eigenvalue weighted by Crippen LogP contribution is 2.45. The van der Waals surface area contributed by atoms with Crippen LogP contribution in [0.2, 0.25) is 10.0 Å². The smallest absolute Gasteiger partial charge is 0.260 e. The average Bonchev–Trinajstić information content (AvgIpc) is 2.80. The molecule has 0 amide bonds. The lowest BCUT2D eigenvalue weighted by atomic mass is 9.83. The van der Waals surface area contributed by atoms with Crippen LogP contribution in [0, 0.1) is 0 Å². The molecular weight excluding hydrogens is 469 g/mol. The van der Waals surface area contributed by atoms with E-state index in [0.29, 0.717) is 23.0 Å². The van der Waals surface area contributed by atoms with E-state index in [1.807, 2.05) is 42.5 Å². The monoisotopic (exact) mass is 489 g/mol. The van der Waals surface area contributed by atoms with Gasteiger partial charge in [0.05, 0.1) is 10.9 Å². The van der Waals surface area contributed by atoms with E-state index in [1.165, 1.54) is 33.7 Å². The fraction of sp³-hybridized carbons (Fsp3) is 0.174. The van der Waals surface area contributed by atoms with Gasteiger partial charge < -0.3 is 5.21 Å². The van der Waals surface area contributed by atoms with Gasteiger partial charge in [-0.05, 0) is 53.9 Å². The Kier molecular flexibility index (Phi) is 6.71. The zero-order valence-corrected chi connectivity index (χ0v) is 19.2. The molecule has 4 rings (SSSR count). The molecule has 0 saturated carbocycles. The minimum Gasteiger partial charge on any atom is -0.410 e. The third-order valence-corrected chi connectivity index (χ3v) is 7.82. The van der Waals surface area contributed by atoms with Crippen molar-refractivity contribution in [2.45, 2.75) is 23.3 Å². The molecule has 0 aliphatic carbocycles. The van der Waals surface area contributed by atoms with E-state index in [2.05, 4.69) is 5.16 Å². The summed E-state index contributed by atoms with van der Waals surface area (Å²) >= 11 is 12.1. The van der Waals surface area contributed by atoms with Crippen LogP contribution in [0.25, 0.3) is 0 Å². The zero-order valence-electron chi connectivity index (χ0n) is 16.9. The summed E-state index contributed by atoms with van der Waals surface area (Å²) in [5, 5.41) is 14.8. The number of benzene rings is 3. The normalized spacial score (nSPS) is 20.0. The van der Waals surface area contributed by atoms with E-state index in [4.69, 9.17) is 23.2 Å². The van der Waals surface area contributed by atoms with E-state index >= 15 is 0 Å². The predicted octanol–water partition coefficient (Wildman–Crippen LogP) is 5.55. The molecule has 0 radical (unpaired) electrons. The van der Waals surface area contributed by atoms with Crippen LogP contribution >= 0.6 is 23.2 Å². The summed E-state index contributed by atoms with van der Waals surface area (Å²) in [4.78, 5) is 0.0888. The number of rotatable bonds is 5. The van der Waals surface area contributed by atoms with E-state index < -0.39 is 16.1 Å². The highest BCUT2D eigenvalue weighted by molar-refractivity contribution is 7.89. The van der Waals surface area contributed by atoms with Gasteiger partial charge in [-0.2, -0.15) is 0 Å². The van der Waals surface area contributed by atoms with Crippen molar-refractivity contribution in [1.82, 2.24) is 9.42 Å². The third-order valence-electron chi connectivity index (χ3n) is 5.52. The second-order valence-corrected chi connectivity index (χ2v) is 10.1. The summed E-state index contributed by atoms with van der Waals surface area (Å²) < 4.78 is 29.1. The Hall–Kier alpha value is -2.58. The molecule has 2 atom stereocenters. The first-order chi connectivity index (χ1) is 15.4. The van der Waals surface area contributed by atoms with Gasteiger partial charge >= 0.3 is 0 Å². The summed E-state index contributed by atoms with van der Waals surface area (Å²) in [6.45, 7) is 0.348. The van der Waals surface area contributed by atoms with Crippen molar-refractivity contribution in [3.05, 3.63) is 100 Å². The molecule has 1 aliphatic rings. The number of oxime groups is 1.